The number of rotatable bonds is 9. The van der Waals surface area contributed by atoms with Crippen LogP contribution in [-0.2, 0) is 10.0 Å². The summed E-state index contributed by atoms with van der Waals surface area (Å²) in [6.45, 7) is 11.7. The Morgan fingerprint density at radius 1 is 1.29 bits per heavy atom. The summed E-state index contributed by atoms with van der Waals surface area (Å²) < 4.78 is 27.2. The second kappa shape index (κ2) is 9.67. The van der Waals surface area contributed by atoms with E-state index in [2.05, 4.69) is 31.0 Å². The van der Waals surface area contributed by atoms with Gasteiger partial charge in [-0.15, -0.1) is 0 Å². The van der Waals surface area contributed by atoms with Gasteiger partial charge in [-0.25, -0.2) is 8.42 Å². The number of nitrogens with zero attached hydrogens (tertiary/aromatic N) is 3. The van der Waals surface area contributed by atoms with Crippen molar-refractivity contribution >= 4 is 21.4 Å². The van der Waals surface area contributed by atoms with Gasteiger partial charge in [0, 0.05) is 31.7 Å². The predicted molar refractivity (Wildman–Crippen MR) is 111 cm³/mol. The first kappa shape index (κ1) is 22.6. The Hall–Kier alpha value is -1.71. The number of piperidine rings is 1. The molecular weight excluding hydrogens is 380 g/mol. The number of hydrogen-bond donors (Lipinski definition) is 1. The van der Waals surface area contributed by atoms with Crippen LogP contribution in [-0.4, -0.2) is 61.3 Å². The first-order valence-electron chi connectivity index (χ1n) is 9.96. The normalized spacial score (nSPS) is 17.6. The van der Waals surface area contributed by atoms with Crippen LogP contribution in [0.2, 0.25) is 0 Å². The molecule has 1 aromatic carbocycles. The van der Waals surface area contributed by atoms with Gasteiger partial charge in [-0.3, -0.25) is 10.1 Å². The van der Waals surface area contributed by atoms with Crippen LogP contribution in [0.1, 0.15) is 40.5 Å². The summed E-state index contributed by atoms with van der Waals surface area (Å²) in [7, 11) is -3.72. The van der Waals surface area contributed by atoms with Crippen molar-refractivity contribution in [3.05, 3.63) is 28.3 Å². The van der Waals surface area contributed by atoms with Gasteiger partial charge in [0.15, 0.2) is 0 Å². The van der Waals surface area contributed by atoms with Crippen LogP contribution < -0.4 is 5.32 Å². The molecule has 0 bridgehead atoms. The fourth-order valence-electron chi connectivity index (χ4n) is 3.50. The first-order valence-corrected chi connectivity index (χ1v) is 11.4. The molecule has 0 aliphatic carbocycles. The average molecular weight is 413 g/mol. The maximum absolute atomic E-state index is 12.9. The largest absolute Gasteiger partial charge is 0.376 e. The topological polar surface area (TPSA) is 95.8 Å². The van der Waals surface area contributed by atoms with E-state index in [1.165, 1.54) is 22.5 Å². The van der Waals surface area contributed by atoms with E-state index in [9.17, 15) is 18.5 Å². The van der Waals surface area contributed by atoms with Gasteiger partial charge in [-0.1, -0.05) is 20.8 Å². The van der Waals surface area contributed by atoms with Crippen LogP contribution in [0, 0.1) is 16.0 Å². The minimum absolute atomic E-state index is 0.00959. The van der Waals surface area contributed by atoms with Crippen LogP contribution in [0.25, 0.3) is 0 Å². The molecule has 0 radical (unpaired) electrons. The van der Waals surface area contributed by atoms with E-state index in [1.807, 2.05) is 6.92 Å². The molecule has 158 valence electrons. The molecule has 1 fully saturated rings. The Kier molecular flexibility index (Phi) is 7.79. The molecule has 0 amide bonds. The van der Waals surface area contributed by atoms with Gasteiger partial charge in [0.25, 0.3) is 5.69 Å². The fourth-order valence-corrected chi connectivity index (χ4v) is 4.99. The monoisotopic (exact) mass is 412 g/mol. The molecule has 1 heterocycles. The van der Waals surface area contributed by atoms with E-state index in [0.29, 0.717) is 24.7 Å². The van der Waals surface area contributed by atoms with Crippen LogP contribution in [0.3, 0.4) is 0 Å². The van der Waals surface area contributed by atoms with Gasteiger partial charge in [-0.05, 0) is 50.9 Å². The van der Waals surface area contributed by atoms with Gasteiger partial charge < -0.3 is 10.2 Å². The Bertz CT molecular complexity index is 772. The van der Waals surface area contributed by atoms with Crippen molar-refractivity contribution < 1.29 is 13.3 Å². The average Bonchev–Trinajstić information content (AvgIpc) is 2.66. The highest BCUT2D eigenvalue weighted by molar-refractivity contribution is 7.89. The molecule has 8 nitrogen and oxygen atoms in total. The number of hydrogen-bond acceptors (Lipinski definition) is 6. The molecule has 1 N–H and O–H groups in total. The van der Waals surface area contributed by atoms with E-state index < -0.39 is 14.9 Å². The molecule has 1 aliphatic rings. The fraction of sp³-hybridized carbons (Fsp3) is 0.684. The zero-order valence-corrected chi connectivity index (χ0v) is 18.0. The summed E-state index contributed by atoms with van der Waals surface area (Å²) in [6, 6.07) is 4.15. The second-order valence-electron chi connectivity index (χ2n) is 7.55. The van der Waals surface area contributed by atoms with Crippen molar-refractivity contribution in [2.24, 2.45) is 5.92 Å². The maximum Gasteiger partial charge on any atom is 0.293 e. The van der Waals surface area contributed by atoms with Gasteiger partial charge in [0.2, 0.25) is 10.0 Å². The third kappa shape index (κ3) is 5.42. The molecule has 0 spiro atoms. The standard InChI is InChI=1S/C19H32N4O4S/c1-5-21(6-2)14-16(4)20-18-8-7-17(13-19(18)23(24)25)28(26,27)22-11-9-15(3)10-12-22/h7-8,13,15-16,20H,5-6,9-12,14H2,1-4H3/t16-/m0/s1. The van der Waals surface area contributed by atoms with Gasteiger partial charge >= 0.3 is 0 Å². The Balaban J connectivity index is 2.23. The summed E-state index contributed by atoms with van der Waals surface area (Å²) in [6.07, 6.45) is 1.62. The molecule has 1 saturated heterocycles. The summed E-state index contributed by atoms with van der Waals surface area (Å²) in [5.74, 6) is 0.500. The van der Waals surface area contributed by atoms with E-state index in [0.717, 1.165) is 32.5 Å². The minimum Gasteiger partial charge on any atom is -0.376 e. The quantitative estimate of drug-likeness (QED) is 0.494. The third-order valence-corrected chi connectivity index (χ3v) is 7.27. The third-order valence-electron chi connectivity index (χ3n) is 5.37. The van der Waals surface area contributed by atoms with Crippen molar-refractivity contribution in [3.63, 3.8) is 0 Å². The summed E-state index contributed by atoms with van der Waals surface area (Å²) in [4.78, 5) is 13.3. The van der Waals surface area contributed by atoms with Gasteiger partial charge in [0.1, 0.15) is 5.69 Å². The maximum atomic E-state index is 12.9. The van der Waals surface area contributed by atoms with Crippen LogP contribution in [0.5, 0.6) is 0 Å². The number of benzene rings is 1. The van der Waals surface area contributed by atoms with Crippen LogP contribution in [0.4, 0.5) is 11.4 Å². The number of likely N-dealkylation sites (N-methyl/N-ethyl adjacent to an activating group) is 1. The van der Waals surface area contributed by atoms with Crippen molar-refractivity contribution in [3.8, 4) is 0 Å². The number of nitrogens with one attached hydrogen (secondary N) is 1. The molecule has 1 aromatic rings. The molecule has 1 aliphatic heterocycles. The van der Waals surface area contributed by atoms with Gasteiger partial charge in [-0.2, -0.15) is 4.31 Å². The summed E-state index contributed by atoms with van der Waals surface area (Å²) in [5.41, 5.74) is 0.133. The molecule has 0 saturated carbocycles. The van der Waals surface area contributed by atoms with E-state index in [-0.39, 0.29) is 16.6 Å². The Labute approximate surface area is 168 Å². The number of sulfonamides is 1. The number of anilines is 1. The molecule has 9 heteroatoms. The first-order chi connectivity index (χ1) is 13.2. The molecule has 28 heavy (non-hydrogen) atoms. The van der Waals surface area contributed by atoms with Crippen LogP contribution in [0.15, 0.2) is 23.1 Å². The highest BCUT2D eigenvalue weighted by Gasteiger charge is 2.30. The van der Waals surface area contributed by atoms with E-state index in [1.54, 1.807) is 0 Å². The predicted octanol–water partition coefficient (Wildman–Crippen LogP) is 3.16. The van der Waals surface area contributed by atoms with Crippen LogP contribution >= 0.6 is 0 Å². The lowest BCUT2D eigenvalue weighted by molar-refractivity contribution is -0.384. The lowest BCUT2D eigenvalue weighted by Crippen LogP contribution is -2.38. The Morgan fingerprint density at radius 2 is 1.89 bits per heavy atom. The van der Waals surface area contributed by atoms with Crippen molar-refractivity contribution in [1.82, 2.24) is 9.21 Å². The number of nitro groups is 1. The van der Waals surface area contributed by atoms with Gasteiger partial charge in [0.05, 0.1) is 9.82 Å². The molecule has 2 rings (SSSR count). The zero-order chi connectivity index (χ0) is 20.9. The van der Waals surface area contributed by atoms with Crippen molar-refractivity contribution in [2.45, 2.75) is 51.5 Å². The Morgan fingerprint density at radius 3 is 2.43 bits per heavy atom. The lowest BCUT2D eigenvalue weighted by Gasteiger charge is -2.29. The molecule has 0 unspecified atom stereocenters. The number of nitro benzene ring substituents is 1. The van der Waals surface area contributed by atoms with E-state index in [4.69, 9.17) is 0 Å². The summed E-state index contributed by atoms with van der Waals surface area (Å²) in [5, 5.41) is 14.7. The highest BCUT2D eigenvalue weighted by atomic mass is 32.2. The van der Waals surface area contributed by atoms with E-state index >= 15 is 0 Å². The molecular formula is C19H32N4O4S. The van der Waals surface area contributed by atoms with Crippen molar-refractivity contribution in [2.75, 3.05) is 38.0 Å². The smallest absolute Gasteiger partial charge is 0.293 e. The summed E-state index contributed by atoms with van der Waals surface area (Å²) >= 11 is 0. The molecule has 1 atom stereocenters. The molecule has 0 aromatic heterocycles. The van der Waals surface area contributed by atoms with Crippen molar-refractivity contribution in [1.29, 1.82) is 0 Å². The zero-order valence-electron chi connectivity index (χ0n) is 17.2. The lowest BCUT2D eigenvalue weighted by atomic mass is 10.0. The minimum atomic E-state index is -3.72. The SMILES string of the molecule is CCN(CC)C[C@H](C)Nc1ccc(S(=O)(=O)N2CCC(C)CC2)cc1[N+](=O)[O-]. The second-order valence-corrected chi connectivity index (χ2v) is 9.49. The highest BCUT2D eigenvalue weighted by Crippen LogP contribution is 2.31.